The Morgan fingerprint density at radius 3 is 2.50 bits per heavy atom. The zero-order valence-corrected chi connectivity index (χ0v) is 14.7. The zero-order valence-electron chi connectivity index (χ0n) is 13.1. The number of rotatable bonds is 4. The maximum atomic E-state index is 12.1. The Kier molecular flexibility index (Phi) is 4.91. The molecule has 0 saturated heterocycles. The second-order valence-electron chi connectivity index (χ2n) is 5.34. The van der Waals surface area contributed by atoms with Crippen LogP contribution in [0.15, 0.2) is 71.3 Å². The van der Waals surface area contributed by atoms with Crippen molar-refractivity contribution in [2.45, 2.75) is 6.92 Å². The summed E-state index contributed by atoms with van der Waals surface area (Å²) in [6, 6.07) is 18.8. The van der Waals surface area contributed by atoms with Crippen LogP contribution in [0.4, 0.5) is 17.2 Å². The number of hydrogen-bond acceptors (Lipinski definition) is 3. The molecule has 2 aromatic carbocycles. The Morgan fingerprint density at radius 2 is 1.83 bits per heavy atom. The lowest BCUT2D eigenvalue weighted by Crippen LogP contribution is -2.11. The van der Waals surface area contributed by atoms with Crippen molar-refractivity contribution in [1.29, 1.82) is 0 Å². The van der Waals surface area contributed by atoms with Crippen LogP contribution in [0.2, 0.25) is 0 Å². The number of hydrogen-bond donors (Lipinski definition) is 2. The van der Waals surface area contributed by atoms with Gasteiger partial charge >= 0.3 is 0 Å². The number of nitrogens with one attached hydrogen (secondary N) is 2. The molecule has 4 nitrogen and oxygen atoms in total. The molecule has 5 heteroatoms. The van der Waals surface area contributed by atoms with Crippen LogP contribution in [0.5, 0.6) is 0 Å². The van der Waals surface area contributed by atoms with Gasteiger partial charge in [-0.15, -0.1) is 0 Å². The average molecular weight is 382 g/mol. The van der Waals surface area contributed by atoms with Crippen LogP contribution in [0.3, 0.4) is 0 Å². The first kappa shape index (κ1) is 16.2. The van der Waals surface area contributed by atoms with Gasteiger partial charge in [-0.1, -0.05) is 34.1 Å². The maximum absolute atomic E-state index is 12.1. The van der Waals surface area contributed by atoms with Crippen LogP contribution in [0.1, 0.15) is 15.9 Å². The van der Waals surface area contributed by atoms with Gasteiger partial charge in [0.2, 0.25) is 0 Å². The van der Waals surface area contributed by atoms with E-state index in [1.165, 1.54) is 0 Å². The van der Waals surface area contributed by atoms with Crippen molar-refractivity contribution in [3.63, 3.8) is 0 Å². The van der Waals surface area contributed by atoms with Gasteiger partial charge in [-0.2, -0.15) is 0 Å². The highest BCUT2D eigenvalue weighted by atomic mass is 79.9. The Hall–Kier alpha value is -2.66. The fraction of sp³-hybridized carbons (Fsp3) is 0.0526. The van der Waals surface area contributed by atoms with Crippen molar-refractivity contribution >= 4 is 39.0 Å². The normalized spacial score (nSPS) is 10.2. The molecular formula is C19H16BrN3O. The van der Waals surface area contributed by atoms with Crippen molar-refractivity contribution in [3.05, 3.63) is 82.5 Å². The standard InChI is InChI=1S/C19H16BrN3O/c1-13-11-15(20)7-9-17(13)23-18-10-8-16(12-21-18)22-19(24)14-5-3-2-4-6-14/h2-12H,1H3,(H,21,23)(H,22,24). The molecule has 0 radical (unpaired) electrons. The lowest BCUT2D eigenvalue weighted by Gasteiger charge is -2.10. The number of pyridine rings is 1. The summed E-state index contributed by atoms with van der Waals surface area (Å²) in [5.41, 5.74) is 3.38. The van der Waals surface area contributed by atoms with Crippen LogP contribution in [0, 0.1) is 6.92 Å². The molecule has 1 heterocycles. The first-order valence-electron chi connectivity index (χ1n) is 7.47. The van der Waals surface area contributed by atoms with Gasteiger partial charge in [0.05, 0.1) is 11.9 Å². The summed E-state index contributed by atoms with van der Waals surface area (Å²) >= 11 is 3.45. The van der Waals surface area contributed by atoms with Crippen LogP contribution in [-0.2, 0) is 0 Å². The molecule has 0 unspecified atom stereocenters. The molecule has 1 aromatic heterocycles. The van der Waals surface area contributed by atoms with Gasteiger partial charge < -0.3 is 10.6 Å². The van der Waals surface area contributed by atoms with Crippen molar-refractivity contribution in [1.82, 2.24) is 4.98 Å². The minimum absolute atomic E-state index is 0.151. The molecule has 0 saturated carbocycles. The molecule has 0 fully saturated rings. The number of carbonyl (C=O) groups is 1. The molecule has 0 aliphatic rings. The topological polar surface area (TPSA) is 54.0 Å². The van der Waals surface area contributed by atoms with Gasteiger partial charge in [-0.25, -0.2) is 4.98 Å². The molecule has 0 spiro atoms. The second-order valence-corrected chi connectivity index (χ2v) is 6.25. The van der Waals surface area contributed by atoms with Crippen molar-refractivity contribution < 1.29 is 4.79 Å². The van der Waals surface area contributed by atoms with Crippen molar-refractivity contribution in [3.8, 4) is 0 Å². The predicted octanol–water partition coefficient (Wildman–Crippen LogP) is 5.15. The van der Waals surface area contributed by atoms with E-state index < -0.39 is 0 Å². The number of amides is 1. The molecule has 3 aromatic rings. The third-order valence-electron chi connectivity index (χ3n) is 3.51. The quantitative estimate of drug-likeness (QED) is 0.656. The summed E-state index contributed by atoms with van der Waals surface area (Å²) in [7, 11) is 0. The molecule has 120 valence electrons. The number of anilines is 3. The summed E-state index contributed by atoms with van der Waals surface area (Å²) in [6.07, 6.45) is 1.64. The first-order chi connectivity index (χ1) is 11.6. The Balaban J connectivity index is 1.68. The first-order valence-corrected chi connectivity index (χ1v) is 8.27. The summed E-state index contributed by atoms with van der Waals surface area (Å²) in [5, 5.41) is 6.10. The third kappa shape index (κ3) is 4.00. The Bertz CT molecular complexity index is 848. The smallest absolute Gasteiger partial charge is 0.255 e. The maximum Gasteiger partial charge on any atom is 0.255 e. The van der Waals surface area contributed by atoms with E-state index in [1.807, 2.05) is 55.5 Å². The predicted molar refractivity (Wildman–Crippen MR) is 101 cm³/mol. The van der Waals surface area contributed by atoms with Gasteiger partial charge in [0, 0.05) is 15.7 Å². The number of benzene rings is 2. The van der Waals surface area contributed by atoms with E-state index in [2.05, 4.69) is 31.5 Å². The number of aryl methyl sites for hydroxylation is 1. The molecule has 0 aliphatic heterocycles. The van der Waals surface area contributed by atoms with E-state index in [1.54, 1.807) is 18.3 Å². The lowest BCUT2D eigenvalue weighted by molar-refractivity contribution is 0.102. The number of halogens is 1. The van der Waals surface area contributed by atoms with E-state index in [0.29, 0.717) is 11.3 Å². The van der Waals surface area contributed by atoms with E-state index in [0.717, 1.165) is 21.5 Å². The lowest BCUT2D eigenvalue weighted by atomic mass is 10.2. The minimum atomic E-state index is -0.151. The van der Waals surface area contributed by atoms with Crippen molar-refractivity contribution in [2.24, 2.45) is 0 Å². The minimum Gasteiger partial charge on any atom is -0.340 e. The monoisotopic (exact) mass is 381 g/mol. The largest absolute Gasteiger partial charge is 0.340 e. The van der Waals surface area contributed by atoms with Crippen LogP contribution in [-0.4, -0.2) is 10.9 Å². The summed E-state index contributed by atoms with van der Waals surface area (Å²) in [5.74, 6) is 0.569. The average Bonchev–Trinajstić information content (AvgIpc) is 2.60. The van der Waals surface area contributed by atoms with E-state index >= 15 is 0 Å². The second kappa shape index (κ2) is 7.27. The SMILES string of the molecule is Cc1cc(Br)ccc1Nc1ccc(NC(=O)c2ccccc2)cn1. The van der Waals surface area contributed by atoms with Crippen LogP contribution in [0.25, 0.3) is 0 Å². The van der Waals surface area contributed by atoms with E-state index in [4.69, 9.17) is 0 Å². The van der Waals surface area contributed by atoms with Gasteiger partial charge in [0.1, 0.15) is 5.82 Å². The highest BCUT2D eigenvalue weighted by Gasteiger charge is 2.06. The van der Waals surface area contributed by atoms with Crippen molar-refractivity contribution in [2.75, 3.05) is 10.6 Å². The summed E-state index contributed by atoms with van der Waals surface area (Å²) < 4.78 is 1.04. The fourth-order valence-electron chi connectivity index (χ4n) is 2.24. The van der Waals surface area contributed by atoms with Gasteiger partial charge in [0.25, 0.3) is 5.91 Å². The van der Waals surface area contributed by atoms with E-state index in [9.17, 15) is 4.79 Å². The fourth-order valence-corrected chi connectivity index (χ4v) is 2.72. The Morgan fingerprint density at radius 1 is 1.04 bits per heavy atom. The van der Waals surface area contributed by atoms with Gasteiger partial charge in [-0.3, -0.25) is 4.79 Å². The molecule has 3 rings (SSSR count). The van der Waals surface area contributed by atoms with Crippen LogP contribution >= 0.6 is 15.9 Å². The number of carbonyl (C=O) groups excluding carboxylic acids is 1. The molecule has 0 aliphatic carbocycles. The van der Waals surface area contributed by atoms with Gasteiger partial charge in [-0.05, 0) is 55.0 Å². The third-order valence-corrected chi connectivity index (χ3v) is 4.00. The van der Waals surface area contributed by atoms with Crippen LogP contribution < -0.4 is 10.6 Å². The number of aromatic nitrogens is 1. The highest BCUT2D eigenvalue weighted by molar-refractivity contribution is 9.10. The molecule has 24 heavy (non-hydrogen) atoms. The van der Waals surface area contributed by atoms with E-state index in [-0.39, 0.29) is 5.91 Å². The molecule has 0 bridgehead atoms. The molecule has 2 N–H and O–H groups in total. The molecule has 0 atom stereocenters. The molecular weight excluding hydrogens is 366 g/mol. The Labute approximate surface area is 149 Å². The van der Waals surface area contributed by atoms with Gasteiger partial charge in [0.15, 0.2) is 0 Å². The molecule has 1 amide bonds. The summed E-state index contributed by atoms with van der Waals surface area (Å²) in [6.45, 7) is 2.03. The summed E-state index contributed by atoms with van der Waals surface area (Å²) in [4.78, 5) is 16.5. The number of nitrogens with zero attached hydrogens (tertiary/aromatic N) is 1. The zero-order chi connectivity index (χ0) is 16.9. The highest BCUT2D eigenvalue weighted by Crippen LogP contribution is 2.23.